The Hall–Kier alpha value is -2.22. The Balaban J connectivity index is 2.16. The van der Waals surface area contributed by atoms with Gasteiger partial charge in [0.25, 0.3) is 0 Å². The summed E-state index contributed by atoms with van der Waals surface area (Å²) in [4.78, 5) is 23.2. The highest BCUT2D eigenvalue weighted by Crippen LogP contribution is 2.50. The molecule has 1 fully saturated rings. The maximum atomic E-state index is 16.0. The van der Waals surface area contributed by atoms with Gasteiger partial charge in [0.2, 0.25) is 0 Å². The van der Waals surface area contributed by atoms with Gasteiger partial charge in [-0.1, -0.05) is 47.5 Å². The van der Waals surface area contributed by atoms with E-state index >= 15 is 4.39 Å². The number of nitrogens with zero attached hydrogens (tertiary/aromatic N) is 1. The van der Waals surface area contributed by atoms with Gasteiger partial charge in [0.15, 0.2) is 0 Å². The number of carbonyl (C=O) groups is 1. The molecule has 0 bridgehead atoms. The van der Waals surface area contributed by atoms with Gasteiger partial charge in [-0.3, -0.25) is 20.2 Å². The lowest BCUT2D eigenvalue weighted by atomic mass is 9.83. The van der Waals surface area contributed by atoms with Crippen LogP contribution >= 0.6 is 23.2 Å². The molecule has 1 N–H and O–H groups in total. The minimum atomic E-state index is -3.00. The van der Waals surface area contributed by atoms with Crippen molar-refractivity contribution in [2.24, 2.45) is 0 Å². The molecule has 142 valence electrons. The molecule has 0 saturated carbocycles. The molecule has 3 rings (SSSR count). The maximum absolute atomic E-state index is 16.0. The summed E-state index contributed by atoms with van der Waals surface area (Å²) in [6.45, 7) is 0. The van der Waals surface area contributed by atoms with Crippen molar-refractivity contribution in [1.82, 2.24) is 5.32 Å². The van der Waals surface area contributed by atoms with E-state index in [0.29, 0.717) is 15.6 Å². The van der Waals surface area contributed by atoms with Crippen LogP contribution in [0.2, 0.25) is 10.0 Å². The number of halogens is 3. The van der Waals surface area contributed by atoms with Crippen LogP contribution in [0.1, 0.15) is 23.1 Å². The van der Waals surface area contributed by atoms with Crippen molar-refractivity contribution in [2.45, 2.75) is 23.8 Å². The summed E-state index contributed by atoms with van der Waals surface area (Å²) in [6.07, 6.45) is 0. The highest BCUT2D eigenvalue weighted by molar-refractivity contribution is 6.30. The van der Waals surface area contributed by atoms with Gasteiger partial charge in [-0.25, -0.2) is 0 Å². The third-order valence-electron chi connectivity index (χ3n) is 4.69. The predicted octanol–water partition coefficient (Wildman–Crippen LogP) is 3.91. The normalized spacial score (nSPS) is 27.3. The number of ether oxygens (including phenoxy) is 1. The Morgan fingerprint density at radius 1 is 1.11 bits per heavy atom. The van der Waals surface area contributed by atoms with Gasteiger partial charge >= 0.3 is 11.8 Å². The van der Waals surface area contributed by atoms with Crippen molar-refractivity contribution in [3.8, 4) is 0 Å². The lowest BCUT2D eigenvalue weighted by Gasteiger charge is -2.25. The lowest BCUT2D eigenvalue weighted by Crippen LogP contribution is -2.43. The van der Waals surface area contributed by atoms with Gasteiger partial charge in [-0.15, -0.1) is 0 Å². The number of benzene rings is 2. The number of nitrogens with one attached hydrogen (secondary N) is 1. The topological polar surface area (TPSA) is 81.5 Å². The zero-order chi connectivity index (χ0) is 19.8. The number of hydrogen-bond donors (Lipinski definition) is 1. The molecule has 1 aliphatic rings. The molecular weight excluding hydrogens is 398 g/mol. The Labute approximate surface area is 164 Å². The minimum absolute atomic E-state index is 0.262. The van der Waals surface area contributed by atoms with Crippen molar-refractivity contribution >= 4 is 29.2 Å². The van der Waals surface area contributed by atoms with E-state index < -0.39 is 34.7 Å². The summed E-state index contributed by atoms with van der Waals surface area (Å²) in [5.74, 6) is -5.21. The van der Waals surface area contributed by atoms with E-state index in [9.17, 15) is 14.9 Å². The predicted molar refractivity (Wildman–Crippen MR) is 98.2 cm³/mol. The third kappa shape index (κ3) is 3.38. The highest BCUT2D eigenvalue weighted by Gasteiger charge is 2.68. The molecule has 2 aromatic rings. The van der Waals surface area contributed by atoms with Crippen molar-refractivity contribution in [1.29, 1.82) is 0 Å². The van der Waals surface area contributed by atoms with Crippen LogP contribution in [-0.4, -0.2) is 29.8 Å². The zero-order valence-corrected chi connectivity index (χ0v) is 15.6. The Morgan fingerprint density at radius 3 is 2.04 bits per heavy atom. The van der Waals surface area contributed by atoms with Crippen LogP contribution < -0.4 is 5.32 Å². The average molecular weight is 413 g/mol. The highest BCUT2D eigenvalue weighted by atomic mass is 35.5. The minimum Gasteiger partial charge on any atom is -0.468 e. The fourth-order valence-corrected chi connectivity index (χ4v) is 3.69. The molecule has 9 heteroatoms. The van der Waals surface area contributed by atoms with E-state index in [2.05, 4.69) is 5.32 Å². The Bertz CT molecular complexity index is 863. The van der Waals surface area contributed by atoms with Gasteiger partial charge in [-0.2, -0.15) is 4.39 Å². The second-order valence-corrected chi connectivity index (χ2v) is 7.04. The molecule has 4 atom stereocenters. The van der Waals surface area contributed by atoms with Crippen molar-refractivity contribution in [3.63, 3.8) is 0 Å². The van der Waals surface area contributed by atoms with Crippen molar-refractivity contribution < 1.29 is 18.8 Å². The van der Waals surface area contributed by atoms with Crippen LogP contribution in [0.25, 0.3) is 0 Å². The van der Waals surface area contributed by atoms with Gasteiger partial charge in [0.1, 0.15) is 18.0 Å². The van der Waals surface area contributed by atoms with Gasteiger partial charge in [0.05, 0.1) is 12.0 Å². The fourth-order valence-electron chi connectivity index (χ4n) is 3.44. The third-order valence-corrected chi connectivity index (χ3v) is 5.19. The van der Waals surface area contributed by atoms with Crippen LogP contribution in [0.3, 0.4) is 0 Å². The van der Waals surface area contributed by atoms with Crippen LogP contribution in [0.15, 0.2) is 48.5 Å². The van der Waals surface area contributed by atoms with Crippen LogP contribution in [0, 0.1) is 10.1 Å². The first-order valence-corrected chi connectivity index (χ1v) is 8.72. The molecule has 2 aromatic carbocycles. The molecule has 6 nitrogen and oxygen atoms in total. The molecule has 0 unspecified atom stereocenters. The molecule has 1 aliphatic heterocycles. The van der Waals surface area contributed by atoms with Gasteiger partial charge in [-0.05, 0) is 35.4 Å². The summed E-state index contributed by atoms with van der Waals surface area (Å²) in [6, 6.07) is 9.24. The molecular formula is C18H15Cl2FN2O4. The summed E-state index contributed by atoms with van der Waals surface area (Å²) in [7, 11) is 1.14. The van der Waals surface area contributed by atoms with Crippen molar-refractivity contribution in [3.05, 3.63) is 79.8 Å². The smallest absolute Gasteiger partial charge is 0.386 e. The maximum Gasteiger partial charge on any atom is 0.386 e. The van der Waals surface area contributed by atoms with Crippen LogP contribution in [-0.2, 0) is 9.53 Å². The van der Waals surface area contributed by atoms with E-state index in [0.717, 1.165) is 7.11 Å². The standard InChI is InChI=1S/C18H15Cl2FN2O4/c1-27-17(24)15-14(10-2-6-12(19)7-3-10)18(21,23(25)26)16(22-15)11-4-8-13(20)9-5-11/h2-9,14-16,22H,1H3/t14-,15+,16+,18+/m0/s1. The number of carbonyl (C=O) groups excluding carboxylic acids is 1. The molecule has 0 spiro atoms. The van der Waals surface area contributed by atoms with Gasteiger partial charge in [0, 0.05) is 10.0 Å². The van der Waals surface area contributed by atoms with E-state index in [1.807, 2.05) is 0 Å². The first-order valence-electron chi connectivity index (χ1n) is 7.97. The molecule has 0 aromatic heterocycles. The summed E-state index contributed by atoms with van der Waals surface area (Å²) in [5, 5.41) is 15.4. The Kier molecular flexibility index (Phi) is 5.37. The van der Waals surface area contributed by atoms with Crippen molar-refractivity contribution in [2.75, 3.05) is 7.11 Å². The first kappa shape index (κ1) is 19.5. The number of nitro groups is 1. The summed E-state index contributed by atoms with van der Waals surface area (Å²) in [5.41, 5.74) is 0.557. The second-order valence-electron chi connectivity index (χ2n) is 6.17. The van der Waals surface area contributed by atoms with E-state index in [1.165, 1.54) is 48.5 Å². The van der Waals surface area contributed by atoms with Crippen LogP contribution in [0.5, 0.6) is 0 Å². The molecule has 27 heavy (non-hydrogen) atoms. The SMILES string of the molecule is COC(=O)[C@@H]1N[C@H](c2ccc(Cl)cc2)[C@](F)([N+](=O)[O-])[C@H]1c1ccc(Cl)cc1. The largest absolute Gasteiger partial charge is 0.468 e. The fraction of sp³-hybridized carbons (Fsp3) is 0.278. The molecule has 0 radical (unpaired) electrons. The van der Waals surface area contributed by atoms with Crippen LogP contribution in [0.4, 0.5) is 4.39 Å². The lowest BCUT2D eigenvalue weighted by molar-refractivity contribution is -0.612. The first-order chi connectivity index (χ1) is 12.8. The number of esters is 1. The summed E-state index contributed by atoms with van der Waals surface area (Å²) < 4.78 is 20.8. The second kappa shape index (κ2) is 7.42. The number of rotatable bonds is 4. The van der Waals surface area contributed by atoms with Gasteiger partial charge < -0.3 is 4.74 Å². The average Bonchev–Trinajstić information content (AvgIpc) is 2.97. The van der Waals surface area contributed by atoms with E-state index in [4.69, 9.17) is 27.9 Å². The number of hydrogen-bond acceptors (Lipinski definition) is 5. The molecule has 0 amide bonds. The zero-order valence-electron chi connectivity index (χ0n) is 14.1. The monoisotopic (exact) mass is 412 g/mol. The number of alkyl halides is 1. The number of methoxy groups -OCH3 is 1. The molecule has 0 aliphatic carbocycles. The molecule has 1 saturated heterocycles. The van der Waals surface area contributed by atoms with E-state index in [1.54, 1.807) is 0 Å². The molecule has 1 heterocycles. The van der Waals surface area contributed by atoms with E-state index in [-0.39, 0.29) is 5.56 Å². The quantitative estimate of drug-likeness (QED) is 0.356. The summed E-state index contributed by atoms with van der Waals surface area (Å²) >= 11 is 11.7. The Morgan fingerprint density at radius 2 is 1.59 bits per heavy atom.